The highest BCUT2D eigenvalue weighted by Gasteiger charge is 2.23. The lowest BCUT2D eigenvalue weighted by Crippen LogP contribution is -2.39. The zero-order valence-corrected chi connectivity index (χ0v) is 13.7. The largest absolute Gasteiger partial charge is 0.497 e. The van der Waals surface area contributed by atoms with E-state index in [-0.39, 0.29) is 0 Å². The van der Waals surface area contributed by atoms with Crippen LogP contribution in [0.5, 0.6) is 5.75 Å². The highest BCUT2D eigenvalue weighted by molar-refractivity contribution is 5.81. The fourth-order valence-electron chi connectivity index (χ4n) is 2.83. The number of rotatable bonds is 5. The minimum absolute atomic E-state index is 0.320. The predicted molar refractivity (Wildman–Crippen MR) is 93.7 cm³/mol. The van der Waals surface area contributed by atoms with Crippen molar-refractivity contribution in [3.63, 3.8) is 0 Å². The first kappa shape index (κ1) is 15.4. The van der Waals surface area contributed by atoms with E-state index < -0.39 is 0 Å². The quantitative estimate of drug-likeness (QED) is 0.921. The van der Waals surface area contributed by atoms with Crippen LogP contribution in [0.2, 0.25) is 0 Å². The van der Waals surface area contributed by atoms with Crippen LogP contribution in [0.1, 0.15) is 24.1 Å². The summed E-state index contributed by atoms with van der Waals surface area (Å²) in [6.07, 6.45) is 0. The van der Waals surface area contributed by atoms with E-state index in [4.69, 9.17) is 4.74 Å². The second kappa shape index (κ2) is 7.18. The summed E-state index contributed by atoms with van der Waals surface area (Å²) in [5, 5.41) is 3.47. The molecule has 1 atom stereocenters. The van der Waals surface area contributed by atoms with Crippen LogP contribution in [0.15, 0.2) is 59.6 Å². The van der Waals surface area contributed by atoms with E-state index in [2.05, 4.69) is 64.6 Å². The van der Waals surface area contributed by atoms with Crippen molar-refractivity contribution in [1.82, 2.24) is 10.2 Å². The average molecular weight is 309 g/mol. The Hall–Kier alpha value is -2.49. The maximum atomic E-state index is 5.19. The molecule has 120 valence electrons. The van der Waals surface area contributed by atoms with E-state index in [0.29, 0.717) is 6.04 Å². The van der Waals surface area contributed by atoms with Crippen molar-refractivity contribution in [2.45, 2.75) is 19.5 Å². The van der Waals surface area contributed by atoms with Crippen molar-refractivity contribution in [3.05, 3.63) is 65.7 Å². The molecular weight excluding hydrogens is 286 g/mol. The third-order valence-electron chi connectivity index (χ3n) is 4.23. The van der Waals surface area contributed by atoms with Gasteiger partial charge in [0.1, 0.15) is 5.75 Å². The molecule has 0 saturated carbocycles. The lowest BCUT2D eigenvalue weighted by molar-refractivity contribution is 0.355. The van der Waals surface area contributed by atoms with Crippen LogP contribution in [0.4, 0.5) is 0 Å². The molecule has 1 heterocycles. The second-order valence-corrected chi connectivity index (χ2v) is 5.69. The molecule has 1 aliphatic rings. The first-order valence-electron chi connectivity index (χ1n) is 8.01. The summed E-state index contributed by atoms with van der Waals surface area (Å²) in [4.78, 5) is 6.95. The van der Waals surface area contributed by atoms with Gasteiger partial charge in [0.15, 0.2) is 5.96 Å². The SMILES string of the molecule is COc1ccc(CNC2=NCCN2C(C)c2ccccc2)cc1. The first-order valence-corrected chi connectivity index (χ1v) is 8.01. The topological polar surface area (TPSA) is 36.9 Å². The number of ether oxygens (including phenoxy) is 1. The van der Waals surface area contributed by atoms with Crippen LogP contribution in [0.25, 0.3) is 0 Å². The third kappa shape index (κ3) is 3.65. The van der Waals surface area contributed by atoms with Crippen LogP contribution < -0.4 is 10.1 Å². The van der Waals surface area contributed by atoms with Crippen LogP contribution in [-0.2, 0) is 6.54 Å². The van der Waals surface area contributed by atoms with Gasteiger partial charge < -0.3 is 15.0 Å². The molecule has 23 heavy (non-hydrogen) atoms. The Kier molecular flexibility index (Phi) is 4.81. The molecule has 1 aliphatic heterocycles. The number of aliphatic imine (C=N–C) groups is 1. The molecule has 1 unspecified atom stereocenters. The molecule has 0 radical (unpaired) electrons. The van der Waals surface area contributed by atoms with Gasteiger partial charge in [-0.2, -0.15) is 0 Å². The van der Waals surface area contributed by atoms with Gasteiger partial charge in [-0.3, -0.25) is 4.99 Å². The average Bonchev–Trinajstić information content (AvgIpc) is 3.09. The lowest BCUT2D eigenvalue weighted by Gasteiger charge is -2.28. The van der Waals surface area contributed by atoms with Gasteiger partial charge in [0.25, 0.3) is 0 Å². The van der Waals surface area contributed by atoms with Crippen molar-refractivity contribution >= 4 is 5.96 Å². The summed E-state index contributed by atoms with van der Waals surface area (Å²) in [5.74, 6) is 1.86. The van der Waals surface area contributed by atoms with Crippen molar-refractivity contribution in [2.75, 3.05) is 20.2 Å². The van der Waals surface area contributed by atoms with E-state index in [1.807, 2.05) is 12.1 Å². The van der Waals surface area contributed by atoms with Crippen LogP contribution in [0.3, 0.4) is 0 Å². The molecule has 0 fully saturated rings. The number of nitrogens with one attached hydrogen (secondary N) is 1. The summed E-state index contributed by atoms with van der Waals surface area (Å²) in [7, 11) is 1.68. The molecule has 4 heteroatoms. The van der Waals surface area contributed by atoms with Crippen molar-refractivity contribution in [2.24, 2.45) is 4.99 Å². The number of hydrogen-bond donors (Lipinski definition) is 1. The van der Waals surface area contributed by atoms with Gasteiger partial charge in [-0.15, -0.1) is 0 Å². The molecule has 4 nitrogen and oxygen atoms in total. The minimum atomic E-state index is 0.320. The third-order valence-corrected chi connectivity index (χ3v) is 4.23. The molecular formula is C19H23N3O. The number of guanidine groups is 1. The molecule has 0 bridgehead atoms. The monoisotopic (exact) mass is 309 g/mol. The maximum absolute atomic E-state index is 5.19. The van der Waals surface area contributed by atoms with Gasteiger partial charge in [-0.25, -0.2) is 0 Å². The fraction of sp³-hybridized carbons (Fsp3) is 0.316. The highest BCUT2D eigenvalue weighted by Crippen LogP contribution is 2.22. The Morgan fingerprint density at radius 2 is 1.87 bits per heavy atom. The van der Waals surface area contributed by atoms with Crippen LogP contribution >= 0.6 is 0 Å². The second-order valence-electron chi connectivity index (χ2n) is 5.69. The van der Waals surface area contributed by atoms with Crippen LogP contribution in [0, 0.1) is 0 Å². The number of nitrogens with zero attached hydrogens (tertiary/aromatic N) is 2. The maximum Gasteiger partial charge on any atom is 0.194 e. The van der Waals surface area contributed by atoms with E-state index >= 15 is 0 Å². The summed E-state index contributed by atoms with van der Waals surface area (Å²) in [6, 6.07) is 19.0. The zero-order chi connectivity index (χ0) is 16.1. The van der Waals surface area contributed by atoms with Crippen molar-refractivity contribution in [3.8, 4) is 5.75 Å². The summed E-state index contributed by atoms with van der Waals surface area (Å²) in [5.41, 5.74) is 2.53. The number of benzene rings is 2. The molecule has 0 aromatic heterocycles. The van der Waals surface area contributed by atoms with Gasteiger partial charge in [0, 0.05) is 13.1 Å². The fourth-order valence-corrected chi connectivity index (χ4v) is 2.83. The molecule has 2 aromatic carbocycles. The molecule has 1 N–H and O–H groups in total. The van der Waals surface area contributed by atoms with E-state index in [1.165, 1.54) is 11.1 Å². The molecule has 0 spiro atoms. The molecule has 0 aliphatic carbocycles. The Labute approximate surface area is 137 Å². The van der Waals surface area contributed by atoms with Gasteiger partial charge in [-0.1, -0.05) is 42.5 Å². The number of methoxy groups -OCH3 is 1. The van der Waals surface area contributed by atoms with Crippen molar-refractivity contribution < 1.29 is 4.74 Å². The summed E-state index contributed by atoms with van der Waals surface area (Å²) < 4.78 is 5.19. The van der Waals surface area contributed by atoms with Gasteiger partial charge in [-0.05, 0) is 30.2 Å². The molecule has 3 rings (SSSR count). The Morgan fingerprint density at radius 3 is 2.57 bits per heavy atom. The summed E-state index contributed by atoms with van der Waals surface area (Å²) >= 11 is 0. The van der Waals surface area contributed by atoms with Crippen LogP contribution in [-0.4, -0.2) is 31.1 Å². The van der Waals surface area contributed by atoms with E-state index in [9.17, 15) is 0 Å². The Balaban J connectivity index is 1.62. The first-order chi connectivity index (χ1) is 11.3. The predicted octanol–water partition coefficient (Wildman–Crippen LogP) is 3.22. The standard InChI is InChI=1S/C19H23N3O/c1-15(17-6-4-3-5-7-17)22-13-12-20-19(22)21-14-16-8-10-18(23-2)11-9-16/h3-11,15H,12-14H2,1-2H3,(H,20,21). The Morgan fingerprint density at radius 1 is 1.13 bits per heavy atom. The van der Waals surface area contributed by atoms with Gasteiger partial charge >= 0.3 is 0 Å². The number of hydrogen-bond acceptors (Lipinski definition) is 4. The molecule has 0 amide bonds. The summed E-state index contributed by atoms with van der Waals surface area (Å²) in [6.45, 7) is 4.80. The van der Waals surface area contributed by atoms with Gasteiger partial charge in [0.05, 0.1) is 19.7 Å². The van der Waals surface area contributed by atoms with Crippen molar-refractivity contribution in [1.29, 1.82) is 0 Å². The van der Waals surface area contributed by atoms with E-state index in [1.54, 1.807) is 7.11 Å². The Bertz CT molecular complexity index is 652. The van der Waals surface area contributed by atoms with Gasteiger partial charge in [0.2, 0.25) is 0 Å². The lowest BCUT2D eigenvalue weighted by atomic mass is 10.1. The highest BCUT2D eigenvalue weighted by atomic mass is 16.5. The van der Waals surface area contributed by atoms with E-state index in [0.717, 1.165) is 31.3 Å². The normalized spacial score (nSPS) is 15.2. The molecule has 2 aromatic rings. The zero-order valence-electron chi connectivity index (χ0n) is 13.7. The molecule has 0 saturated heterocycles. The minimum Gasteiger partial charge on any atom is -0.497 e. The smallest absolute Gasteiger partial charge is 0.194 e.